The van der Waals surface area contributed by atoms with Crippen molar-refractivity contribution in [2.45, 2.75) is 26.4 Å². The lowest BCUT2D eigenvalue weighted by Gasteiger charge is -2.17. The number of nitrogens with two attached hydrogens (primary N) is 1. The Balaban J connectivity index is 1.73. The summed E-state index contributed by atoms with van der Waals surface area (Å²) in [6.07, 6.45) is 0. The lowest BCUT2D eigenvalue weighted by Crippen LogP contribution is -2.84. The molecule has 4 rings (SSSR count). The third-order valence-corrected chi connectivity index (χ3v) is 6.22. The number of ether oxygens (including phenoxy) is 1. The number of aryl methyl sites for hydroxylation is 1. The number of quaternary nitrogens is 1. The number of aromatic nitrogens is 1. The van der Waals surface area contributed by atoms with Gasteiger partial charge in [0, 0.05) is 10.9 Å². The number of pyridine rings is 1. The molecule has 0 bridgehead atoms. The highest BCUT2D eigenvalue weighted by atomic mass is 32.1. The molecule has 2 heterocycles. The molecule has 0 aliphatic carbocycles. The molecule has 5 heteroatoms. The van der Waals surface area contributed by atoms with E-state index in [1.165, 1.54) is 10.4 Å². The molecule has 0 radical (unpaired) electrons. The Morgan fingerprint density at radius 3 is 2.57 bits per heavy atom. The predicted octanol–water partition coefficient (Wildman–Crippen LogP) is 4.63. The van der Waals surface area contributed by atoms with Crippen molar-refractivity contribution in [1.29, 1.82) is 0 Å². The second kappa shape index (κ2) is 9.20. The third kappa shape index (κ3) is 4.13. The van der Waals surface area contributed by atoms with Gasteiger partial charge in [-0.2, -0.15) is 0 Å². The van der Waals surface area contributed by atoms with Crippen molar-refractivity contribution in [1.82, 2.24) is 4.98 Å². The number of carbonyl (C=O) groups excluding carboxylic acids is 1. The summed E-state index contributed by atoms with van der Waals surface area (Å²) in [5.41, 5.74) is 4.41. The van der Waals surface area contributed by atoms with Gasteiger partial charge in [0.1, 0.15) is 18.3 Å². The van der Waals surface area contributed by atoms with Gasteiger partial charge in [-0.25, -0.2) is 9.78 Å². The van der Waals surface area contributed by atoms with Crippen LogP contribution in [0.4, 0.5) is 0 Å². The van der Waals surface area contributed by atoms with Crippen LogP contribution in [0.1, 0.15) is 45.0 Å². The fourth-order valence-electron chi connectivity index (χ4n) is 3.84. The number of rotatable bonds is 7. The van der Waals surface area contributed by atoms with E-state index in [0.29, 0.717) is 18.7 Å². The average Bonchev–Trinajstić information content (AvgIpc) is 3.29. The molecule has 0 saturated carbocycles. The second-order valence-electron chi connectivity index (χ2n) is 7.14. The van der Waals surface area contributed by atoms with Crippen LogP contribution >= 0.6 is 11.3 Å². The van der Waals surface area contributed by atoms with Gasteiger partial charge in [-0.05, 0) is 36.9 Å². The fraction of sp³-hybridized carbons (Fsp3) is 0.200. The van der Waals surface area contributed by atoms with Gasteiger partial charge < -0.3 is 10.1 Å². The summed E-state index contributed by atoms with van der Waals surface area (Å²) in [5.74, 6) is -0.302. The van der Waals surface area contributed by atoms with E-state index in [-0.39, 0.29) is 12.0 Å². The Morgan fingerprint density at radius 2 is 1.83 bits per heavy atom. The van der Waals surface area contributed by atoms with Crippen molar-refractivity contribution < 1.29 is 14.8 Å². The van der Waals surface area contributed by atoms with Crippen molar-refractivity contribution in [2.75, 3.05) is 6.61 Å². The minimum atomic E-state index is -0.302. The third-order valence-electron chi connectivity index (χ3n) is 5.26. The minimum absolute atomic E-state index is 0.148. The number of thiophene rings is 1. The van der Waals surface area contributed by atoms with Crippen LogP contribution in [0.3, 0.4) is 0 Å². The Morgan fingerprint density at radius 1 is 1.07 bits per heavy atom. The zero-order chi connectivity index (χ0) is 20.9. The number of esters is 1. The summed E-state index contributed by atoms with van der Waals surface area (Å²) < 4.78 is 5.37. The molecule has 1 atom stereocenters. The topological polar surface area (TPSA) is 55.8 Å². The highest BCUT2D eigenvalue weighted by Crippen LogP contribution is 2.25. The summed E-state index contributed by atoms with van der Waals surface area (Å²) in [4.78, 5) is 18.9. The van der Waals surface area contributed by atoms with Crippen molar-refractivity contribution in [3.63, 3.8) is 0 Å². The zero-order valence-corrected chi connectivity index (χ0v) is 18.0. The molecule has 0 unspecified atom stereocenters. The first-order valence-electron chi connectivity index (χ1n) is 10.2. The molecule has 4 aromatic rings. The van der Waals surface area contributed by atoms with E-state index >= 15 is 0 Å². The van der Waals surface area contributed by atoms with Crippen molar-refractivity contribution >= 4 is 28.2 Å². The Kier molecular flexibility index (Phi) is 6.21. The fourth-order valence-corrected chi connectivity index (χ4v) is 4.69. The Labute approximate surface area is 180 Å². The van der Waals surface area contributed by atoms with Gasteiger partial charge in [0.2, 0.25) is 0 Å². The molecule has 0 saturated heterocycles. The van der Waals surface area contributed by atoms with Gasteiger partial charge in [0.25, 0.3) is 0 Å². The van der Waals surface area contributed by atoms with Crippen LogP contribution in [0.2, 0.25) is 0 Å². The van der Waals surface area contributed by atoms with E-state index in [2.05, 4.69) is 47.1 Å². The van der Waals surface area contributed by atoms with Crippen LogP contribution in [-0.4, -0.2) is 17.6 Å². The maximum atomic E-state index is 12.8. The van der Waals surface area contributed by atoms with Gasteiger partial charge in [-0.1, -0.05) is 54.6 Å². The number of fused-ring (bicyclic) bond motifs is 1. The monoisotopic (exact) mass is 417 g/mol. The predicted molar refractivity (Wildman–Crippen MR) is 121 cm³/mol. The number of hydrogen-bond acceptors (Lipinski definition) is 4. The summed E-state index contributed by atoms with van der Waals surface area (Å²) in [6.45, 7) is 4.73. The van der Waals surface area contributed by atoms with E-state index in [1.807, 2.05) is 44.2 Å². The maximum absolute atomic E-state index is 12.8. The molecule has 0 aliphatic rings. The minimum Gasteiger partial charge on any atom is -0.462 e. The highest BCUT2D eigenvalue weighted by Gasteiger charge is 2.24. The molecule has 0 amide bonds. The van der Waals surface area contributed by atoms with Crippen LogP contribution in [0.5, 0.6) is 0 Å². The maximum Gasteiger partial charge on any atom is 0.340 e. The Hall–Kier alpha value is -3.02. The molecular weight excluding hydrogens is 392 g/mol. The average molecular weight is 418 g/mol. The molecule has 0 aliphatic heterocycles. The standard InChI is InChI=1S/C25H24N2O2S/c1-3-29-25(28)23-17(2)19-12-7-8-13-20(19)27-21(23)16-26-24(22-14-9-15-30-22)18-10-5-4-6-11-18/h4-15,24,26H,3,16H2,1-2H3/p+1/t24-/m0/s1. The number of hydrogen-bond donors (Lipinski definition) is 1. The smallest absolute Gasteiger partial charge is 0.340 e. The van der Waals surface area contributed by atoms with Crippen LogP contribution in [0.15, 0.2) is 72.1 Å². The molecule has 0 spiro atoms. The van der Waals surface area contributed by atoms with Crippen LogP contribution in [0, 0.1) is 6.92 Å². The van der Waals surface area contributed by atoms with E-state index in [1.54, 1.807) is 11.3 Å². The zero-order valence-electron chi connectivity index (χ0n) is 17.2. The van der Waals surface area contributed by atoms with E-state index in [0.717, 1.165) is 22.2 Å². The summed E-state index contributed by atoms with van der Waals surface area (Å²) >= 11 is 1.74. The molecule has 4 nitrogen and oxygen atoms in total. The molecule has 152 valence electrons. The molecule has 0 fully saturated rings. The van der Waals surface area contributed by atoms with Crippen molar-refractivity contribution in [3.8, 4) is 0 Å². The first kappa shape index (κ1) is 20.3. The first-order valence-corrected chi connectivity index (χ1v) is 11.0. The molecule has 2 aromatic carbocycles. The lowest BCUT2D eigenvalue weighted by molar-refractivity contribution is -0.702. The number of para-hydroxylation sites is 1. The van der Waals surface area contributed by atoms with Crippen LogP contribution in [0.25, 0.3) is 10.9 Å². The Bertz CT molecular complexity index is 1140. The highest BCUT2D eigenvalue weighted by molar-refractivity contribution is 7.10. The first-order chi connectivity index (χ1) is 14.7. The lowest BCUT2D eigenvalue weighted by atomic mass is 10.0. The van der Waals surface area contributed by atoms with Crippen molar-refractivity contribution in [3.05, 3.63) is 99.4 Å². The van der Waals surface area contributed by atoms with Gasteiger partial charge in [0.05, 0.1) is 22.6 Å². The summed E-state index contributed by atoms with van der Waals surface area (Å²) in [5, 5.41) is 5.34. The second-order valence-corrected chi connectivity index (χ2v) is 8.12. The number of benzene rings is 2. The van der Waals surface area contributed by atoms with Crippen LogP contribution in [-0.2, 0) is 11.3 Å². The summed E-state index contributed by atoms with van der Waals surface area (Å²) in [6, 6.07) is 22.8. The largest absolute Gasteiger partial charge is 0.462 e. The van der Waals surface area contributed by atoms with Gasteiger partial charge >= 0.3 is 5.97 Å². The van der Waals surface area contributed by atoms with Gasteiger partial charge in [-0.15, -0.1) is 11.3 Å². The normalized spacial score (nSPS) is 12.1. The van der Waals surface area contributed by atoms with E-state index in [4.69, 9.17) is 9.72 Å². The molecular formula is C25H25N2O2S+. The van der Waals surface area contributed by atoms with Gasteiger partial charge in [0.15, 0.2) is 0 Å². The van der Waals surface area contributed by atoms with E-state index < -0.39 is 0 Å². The number of carbonyl (C=O) groups is 1. The molecule has 30 heavy (non-hydrogen) atoms. The quantitative estimate of drug-likeness (QED) is 0.446. The molecule has 2 aromatic heterocycles. The molecule has 2 N–H and O–H groups in total. The van der Waals surface area contributed by atoms with Gasteiger partial charge in [-0.3, -0.25) is 0 Å². The SMILES string of the molecule is CCOC(=O)c1c(C[NH2+][C@@H](c2ccccc2)c2cccs2)nc2ccccc2c1C. The number of nitrogens with zero attached hydrogens (tertiary/aromatic N) is 1. The summed E-state index contributed by atoms with van der Waals surface area (Å²) in [7, 11) is 0. The van der Waals surface area contributed by atoms with Crippen LogP contribution < -0.4 is 5.32 Å². The van der Waals surface area contributed by atoms with E-state index in [9.17, 15) is 4.79 Å². The van der Waals surface area contributed by atoms with Crippen molar-refractivity contribution in [2.24, 2.45) is 0 Å².